The van der Waals surface area contributed by atoms with Crippen molar-refractivity contribution in [2.45, 2.75) is 37.9 Å². The second-order valence-corrected chi connectivity index (χ2v) is 4.71. The summed E-state index contributed by atoms with van der Waals surface area (Å²) in [5.41, 5.74) is 0. The molecule has 1 aliphatic rings. The minimum absolute atomic E-state index is 0.00396. The fraction of sp³-hybridized carbons (Fsp3) is 0.889. The van der Waals surface area contributed by atoms with Crippen molar-refractivity contribution >= 4 is 11.8 Å². The van der Waals surface area contributed by atoms with E-state index in [0.717, 1.165) is 12.2 Å². The van der Waals surface area contributed by atoms with Gasteiger partial charge in [0.15, 0.2) is 0 Å². The molecule has 0 aromatic rings. The lowest BCUT2D eigenvalue weighted by Crippen LogP contribution is -2.41. The van der Waals surface area contributed by atoms with E-state index in [4.69, 9.17) is 5.26 Å². The largest absolute Gasteiger partial charge is 0.197 e. The van der Waals surface area contributed by atoms with Crippen molar-refractivity contribution in [3.8, 4) is 6.07 Å². The van der Waals surface area contributed by atoms with E-state index in [1.807, 2.05) is 11.8 Å². The molecule has 2 heteroatoms. The van der Waals surface area contributed by atoms with Crippen LogP contribution in [0.3, 0.4) is 0 Å². The van der Waals surface area contributed by atoms with Gasteiger partial charge in [-0.1, -0.05) is 13.8 Å². The summed E-state index contributed by atoms with van der Waals surface area (Å²) in [7, 11) is 0. The Bertz CT molecular complexity index is 173. The lowest BCUT2D eigenvalue weighted by molar-refractivity contribution is 0.297. The molecule has 0 aliphatic heterocycles. The Morgan fingerprint density at radius 2 is 2.45 bits per heavy atom. The molecule has 0 bridgehead atoms. The fourth-order valence-corrected chi connectivity index (χ4v) is 2.69. The first kappa shape index (κ1) is 8.93. The third-order valence-corrected chi connectivity index (χ3v) is 4.32. The van der Waals surface area contributed by atoms with Crippen LogP contribution >= 0.6 is 11.8 Å². The second-order valence-electron chi connectivity index (χ2n) is 3.29. The highest BCUT2D eigenvalue weighted by Crippen LogP contribution is 2.48. The minimum Gasteiger partial charge on any atom is -0.197 e. The SMILES string of the molecule is CCCSC1(C#N)CCC1C. The summed E-state index contributed by atoms with van der Waals surface area (Å²) in [5, 5.41) is 8.96. The van der Waals surface area contributed by atoms with Crippen LogP contribution in [-0.4, -0.2) is 10.5 Å². The summed E-state index contributed by atoms with van der Waals surface area (Å²) in [6.07, 6.45) is 3.53. The molecule has 1 nitrogen and oxygen atoms in total. The lowest BCUT2D eigenvalue weighted by atomic mass is 9.75. The van der Waals surface area contributed by atoms with Gasteiger partial charge in [-0.3, -0.25) is 0 Å². The molecule has 0 amide bonds. The first-order valence-electron chi connectivity index (χ1n) is 4.30. The number of hydrogen-bond acceptors (Lipinski definition) is 2. The summed E-state index contributed by atoms with van der Waals surface area (Å²) in [6.45, 7) is 4.36. The maximum atomic E-state index is 8.96. The number of hydrogen-bond donors (Lipinski definition) is 0. The summed E-state index contributed by atoms with van der Waals surface area (Å²) in [5.74, 6) is 1.75. The van der Waals surface area contributed by atoms with Gasteiger partial charge in [0.05, 0.1) is 6.07 Å². The molecule has 0 saturated heterocycles. The van der Waals surface area contributed by atoms with Gasteiger partial charge >= 0.3 is 0 Å². The van der Waals surface area contributed by atoms with E-state index < -0.39 is 0 Å². The van der Waals surface area contributed by atoms with E-state index in [1.165, 1.54) is 12.8 Å². The van der Waals surface area contributed by atoms with Crippen LogP contribution in [0.15, 0.2) is 0 Å². The molecule has 1 rings (SSSR count). The lowest BCUT2D eigenvalue weighted by Gasteiger charge is -2.41. The molecule has 0 aromatic carbocycles. The van der Waals surface area contributed by atoms with Crippen LogP contribution in [0.25, 0.3) is 0 Å². The zero-order chi connectivity index (χ0) is 8.32. The van der Waals surface area contributed by atoms with Gasteiger partial charge in [-0.15, -0.1) is 11.8 Å². The van der Waals surface area contributed by atoms with Gasteiger partial charge in [0.1, 0.15) is 4.75 Å². The Balaban J connectivity index is 2.43. The number of nitriles is 1. The average Bonchev–Trinajstić information content (AvgIpc) is 2.04. The summed E-state index contributed by atoms with van der Waals surface area (Å²) < 4.78 is -0.00396. The zero-order valence-corrected chi connectivity index (χ0v) is 8.08. The van der Waals surface area contributed by atoms with Gasteiger partial charge in [-0.2, -0.15) is 5.26 Å². The van der Waals surface area contributed by atoms with Crippen molar-refractivity contribution in [3.05, 3.63) is 0 Å². The maximum Gasteiger partial charge on any atom is 0.105 e. The predicted molar refractivity (Wildman–Crippen MR) is 49.5 cm³/mol. The molecular formula is C9H15NS. The van der Waals surface area contributed by atoms with Crippen molar-refractivity contribution in [2.75, 3.05) is 5.75 Å². The molecule has 2 unspecified atom stereocenters. The minimum atomic E-state index is -0.00396. The molecule has 0 N–H and O–H groups in total. The van der Waals surface area contributed by atoms with E-state index in [-0.39, 0.29) is 4.75 Å². The van der Waals surface area contributed by atoms with Gasteiger partial charge in [0.2, 0.25) is 0 Å². The highest BCUT2D eigenvalue weighted by atomic mass is 32.2. The Kier molecular flexibility index (Phi) is 2.84. The number of rotatable bonds is 3. The molecular weight excluding hydrogens is 154 g/mol. The van der Waals surface area contributed by atoms with E-state index in [0.29, 0.717) is 5.92 Å². The summed E-state index contributed by atoms with van der Waals surface area (Å²) in [6, 6.07) is 2.46. The van der Waals surface area contributed by atoms with Crippen molar-refractivity contribution in [3.63, 3.8) is 0 Å². The molecule has 1 aliphatic carbocycles. The highest BCUT2D eigenvalue weighted by molar-refractivity contribution is 8.00. The highest BCUT2D eigenvalue weighted by Gasteiger charge is 2.44. The molecule has 1 saturated carbocycles. The molecule has 0 spiro atoms. The molecule has 0 aromatic heterocycles. The maximum absolute atomic E-state index is 8.96. The Labute approximate surface area is 73.2 Å². The van der Waals surface area contributed by atoms with Gasteiger partial charge in [0.25, 0.3) is 0 Å². The molecule has 0 heterocycles. The monoisotopic (exact) mass is 169 g/mol. The molecule has 0 radical (unpaired) electrons. The van der Waals surface area contributed by atoms with Crippen LogP contribution < -0.4 is 0 Å². The quantitative estimate of drug-likeness (QED) is 0.648. The number of thioether (sulfide) groups is 1. The molecule has 2 atom stereocenters. The third-order valence-electron chi connectivity index (χ3n) is 2.50. The Morgan fingerprint density at radius 3 is 2.73 bits per heavy atom. The van der Waals surface area contributed by atoms with Gasteiger partial charge in [-0.25, -0.2) is 0 Å². The molecule has 62 valence electrons. The van der Waals surface area contributed by atoms with E-state index in [1.54, 1.807) is 0 Å². The van der Waals surface area contributed by atoms with Crippen molar-refractivity contribution in [1.29, 1.82) is 5.26 Å². The normalized spacial score (nSPS) is 35.9. The molecule has 11 heavy (non-hydrogen) atoms. The number of nitrogens with zero attached hydrogens (tertiary/aromatic N) is 1. The Hall–Kier alpha value is -0.160. The average molecular weight is 169 g/mol. The van der Waals surface area contributed by atoms with E-state index >= 15 is 0 Å². The summed E-state index contributed by atoms with van der Waals surface area (Å²) >= 11 is 1.86. The third kappa shape index (κ3) is 1.54. The predicted octanol–water partition coefficient (Wildman–Crippen LogP) is 2.82. The Morgan fingerprint density at radius 1 is 1.73 bits per heavy atom. The summed E-state index contributed by atoms with van der Waals surface area (Å²) in [4.78, 5) is 0. The molecule has 1 fully saturated rings. The fourth-order valence-electron chi connectivity index (χ4n) is 1.39. The van der Waals surface area contributed by atoms with Crippen LogP contribution in [0.5, 0.6) is 0 Å². The topological polar surface area (TPSA) is 23.8 Å². The van der Waals surface area contributed by atoms with Crippen LogP contribution in [0.2, 0.25) is 0 Å². The van der Waals surface area contributed by atoms with Gasteiger partial charge in [0, 0.05) is 0 Å². The van der Waals surface area contributed by atoms with Crippen LogP contribution in [0.1, 0.15) is 33.1 Å². The first-order chi connectivity index (χ1) is 5.25. The van der Waals surface area contributed by atoms with Crippen molar-refractivity contribution < 1.29 is 0 Å². The van der Waals surface area contributed by atoms with Crippen LogP contribution in [0.4, 0.5) is 0 Å². The second kappa shape index (κ2) is 3.49. The van der Waals surface area contributed by atoms with Gasteiger partial charge in [-0.05, 0) is 30.9 Å². The first-order valence-corrected chi connectivity index (χ1v) is 5.29. The smallest absolute Gasteiger partial charge is 0.105 e. The van der Waals surface area contributed by atoms with Crippen molar-refractivity contribution in [1.82, 2.24) is 0 Å². The van der Waals surface area contributed by atoms with E-state index in [9.17, 15) is 0 Å². The van der Waals surface area contributed by atoms with Gasteiger partial charge < -0.3 is 0 Å². The standard InChI is InChI=1S/C9H15NS/c1-3-6-11-9(7-10)5-4-8(9)2/h8H,3-6H2,1-2H3. The zero-order valence-electron chi connectivity index (χ0n) is 7.26. The van der Waals surface area contributed by atoms with E-state index in [2.05, 4.69) is 19.9 Å². The van der Waals surface area contributed by atoms with Crippen LogP contribution in [-0.2, 0) is 0 Å². The van der Waals surface area contributed by atoms with Crippen LogP contribution in [0, 0.1) is 17.2 Å². The van der Waals surface area contributed by atoms with Crippen molar-refractivity contribution in [2.24, 2.45) is 5.92 Å².